The van der Waals surface area contributed by atoms with E-state index < -0.39 is 0 Å². The summed E-state index contributed by atoms with van der Waals surface area (Å²) in [6, 6.07) is 8.28. The summed E-state index contributed by atoms with van der Waals surface area (Å²) in [5.74, 6) is 0. The van der Waals surface area contributed by atoms with Gasteiger partial charge in [0.2, 0.25) is 0 Å². The van der Waals surface area contributed by atoms with Gasteiger partial charge in [0.1, 0.15) is 0 Å². The molecule has 3 heteroatoms. The van der Waals surface area contributed by atoms with Crippen LogP contribution in [0.3, 0.4) is 0 Å². The van der Waals surface area contributed by atoms with Gasteiger partial charge in [0.15, 0.2) is 4.77 Å². The normalized spacial score (nSPS) is 12.2. The van der Waals surface area contributed by atoms with Crippen LogP contribution in [-0.4, -0.2) is 9.55 Å². The number of aromatic nitrogens is 2. The van der Waals surface area contributed by atoms with Crippen LogP contribution in [0.1, 0.15) is 27.2 Å². The van der Waals surface area contributed by atoms with E-state index in [0.717, 1.165) is 23.3 Å². The molecule has 0 bridgehead atoms. The minimum absolute atomic E-state index is 0.281. The lowest BCUT2D eigenvalue weighted by Gasteiger charge is -2.23. The zero-order chi connectivity index (χ0) is 11.8. The lowest BCUT2D eigenvalue weighted by Crippen LogP contribution is -2.18. The molecule has 0 amide bonds. The van der Waals surface area contributed by atoms with Gasteiger partial charge in [-0.05, 0) is 36.2 Å². The zero-order valence-electron chi connectivity index (χ0n) is 10.1. The van der Waals surface area contributed by atoms with E-state index in [2.05, 4.69) is 48.5 Å². The van der Waals surface area contributed by atoms with Crippen molar-refractivity contribution in [3.05, 3.63) is 29.0 Å². The van der Waals surface area contributed by atoms with E-state index in [-0.39, 0.29) is 5.41 Å². The SMILES string of the molecule is CCC(C)(C)Cn1c(=S)[nH]c2ccccc21. The molecule has 0 unspecified atom stereocenters. The van der Waals surface area contributed by atoms with Crippen LogP contribution in [0.5, 0.6) is 0 Å². The van der Waals surface area contributed by atoms with Gasteiger partial charge in [-0.1, -0.05) is 32.9 Å². The topological polar surface area (TPSA) is 20.7 Å². The molecular formula is C13H18N2S. The number of benzene rings is 1. The number of para-hydroxylation sites is 2. The van der Waals surface area contributed by atoms with Crippen LogP contribution in [0, 0.1) is 10.2 Å². The molecule has 0 spiro atoms. The van der Waals surface area contributed by atoms with Gasteiger partial charge in [0.25, 0.3) is 0 Å². The molecular weight excluding hydrogens is 216 g/mol. The van der Waals surface area contributed by atoms with E-state index >= 15 is 0 Å². The first-order chi connectivity index (χ1) is 7.53. The maximum atomic E-state index is 5.38. The van der Waals surface area contributed by atoms with Crippen LogP contribution >= 0.6 is 12.2 Å². The molecule has 2 nitrogen and oxygen atoms in total. The fourth-order valence-corrected chi connectivity index (χ4v) is 2.08. The first-order valence-electron chi connectivity index (χ1n) is 5.71. The van der Waals surface area contributed by atoms with Crippen LogP contribution in [-0.2, 0) is 6.54 Å². The predicted octanol–water partition coefficient (Wildman–Crippen LogP) is 4.14. The van der Waals surface area contributed by atoms with Crippen molar-refractivity contribution >= 4 is 23.3 Å². The molecule has 0 saturated carbocycles. The third-order valence-corrected chi connectivity index (χ3v) is 3.55. The number of rotatable bonds is 3. The molecule has 0 aliphatic rings. The molecule has 1 N–H and O–H groups in total. The molecule has 0 fully saturated rings. The first kappa shape index (κ1) is 11.4. The van der Waals surface area contributed by atoms with Gasteiger partial charge in [0.05, 0.1) is 11.0 Å². The Balaban J connectivity index is 2.52. The molecule has 1 aromatic heterocycles. The van der Waals surface area contributed by atoms with Crippen LogP contribution in [0.2, 0.25) is 0 Å². The lowest BCUT2D eigenvalue weighted by molar-refractivity contribution is 0.297. The molecule has 0 aliphatic carbocycles. The molecule has 0 atom stereocenters. The smallest absolute Gasteiger partial charge is 0.178 e. The Morgan fingerprint density at radius 2 is 2.00 bits per heavy atom. The lowest BCUT2D eigenvalue weighted by atomic mass is 9.90. The van der Waals surface area contributed by atoms with E-state index in [1.54, 1.807) is 0 Å². The minimum Gasteiger partial charge on any atom is -0.331 e. The molecule has 1 heterocycles. The third kappa shape index (κ3) is 2.05. The molecule has 0 saturated heterocycles. The summed E-state index contributed by atoms with van der Waals surface area (Å²) < 4.78 is 3.02. The van der Waals surface area contributed by atoms with Crippen LogP contribution in [0.4, 0.5) is 0 Å². The summed E-state index contributed by atoms with van der Waals surface area (Å²) in [6.07, 6.45) is 1.15. The molecule has 0 aliphatic heterocycles. The number of hydrogen-bond acceptors (Lipinski definition) is 1. The van der Waals surface area contributed by atoms with Gasteiger partial charge < -0.3 is 9.55 Å². The minimum atomic E-state index is 0.281. The van der Waals surface area contributed by atoms with Gasteiger partial charge in [-0.25, -0.2) is 0 Å². The molecule has 86 valence electrons. The van der Waals surface area contributed by atoms with Gasteiger partial charge >= 0.3 is 0 Å². The van der Waals surface area contributed by atoms with E-state index in [1.807, 2.05) is 6.07 Å². The Labute approximate surface area is 101 Å². The Hall–Kier alpha value is -1.09. The second-order valence-electron chi connectivity index (χ2n) is 5.05. The number of fused-ring (bicyclic) bond motifs is 1. The van der Waals surface area contributed by atoms with Crippen molar-refractivity contribution in [2.24, 2.45) is 5.41 Å². The van der Waals surface area contributed by atoms with E-state index in [4.69, 9.17) is 12.2 Å². The van der Waals surface area contributed by atoms with Crippen molar-refractivity contribution in [1.82, 2.24) is 9.55 Å². The molecule has 16 heavy (non-hydrogen) atoms. The number of aromatic amines is 1. The summed E-state index contributed by atoms with van der Waals surface area (Å²) >= 11 is 5.38. The maximum absolute atomic E-state index is 5.38. The Morgan fingerprint density at radius 3 is 2.69 bits per heavy atom. The standard InChI is InChI=1S/C13H18N2S/c1-4-13(2,3)9-15-11-8-6-5-7-10(11)14-12(15)16/h5-8H,4,9H2,1-3H3,(H,14,16). The van der Waals surface area contributed by atoms with Crippen LogP contribution in [0.15, 0.2) is 24.3 Å². The average Bonchev–Trinajstić information content (AvgIpc) is 2.56. The Bertz CT molecular complexity index is 548. The molecule has 2 aromatic rings. The highest BCUT2D eigenvalue weighted by atomic mass is 32.1. The second-order valence-corrected chi connectivity index (χ2v) is 5.44. The van der Waals surface area contributed by atoms with Crippen molar-refractivity contribution in [2.45, 2.75) is 33.7 Å². The first-order valence-corrected chi connectivity index (χ1v) is 6.12. The summed E-state index contributed by atoms with van der Waals surface area (Å²) in [4.78, 5) is 3.25. The van der Waals surface area contributed by atoms with Gasteiger partial charge in [-0.15, -0.1) is 0 Å². The maximum Gasteiger partial charge on any atom is 0.178 e. The van der Waals surface area contributed by atoms with Gasteiger partial charge in [-0.3, -0.25) is 0 Å². The van der Waals surface area contributed by atoms with E-state index in [9.17, 15) is 0 Å². The molecule has 2 rings (SSSR count). The number of nitrogens with one attached hydrogen (secondary N) is 1. The summed E-state index contributed by atoms with van der Waals surface area (Å²) in [7, 11) is 0. The Kier molecular flexibility index (Phi) is 2.89. The van der Waals surface area contributed by atoms with E-state index in [0.29, 0.717) is 0 Å². The van der Waals surface area contributed by atoms with Gasteiger partial charge in [0, 0.05) is 6.54 Å². The van der Waals surface area contributed by atoms with Crippen molar-refractivity contribution in [3.63, 3.8) is 0 Å². The van der Waals surface area contributed by atoms with Crippen LogP contribution in [0.25, 0.3) is 11.0 Å². The highest BCUT2D eigenvalue weighted by molar-refractivity contribution is 7.71. The van der Waals surface area contributed by atoms with Crippen molar-refractivity contribution < 1.29 is 0 Å². The van der Waals surface area contributed by atoms with Crippen molar-refractivity contribution in [2.75, 3.05) is 0 Å². The molecule has 1 aromatic carbocycles. The van der Waals surface area contributed by atoms with E-state index in [1.165, 1.54) is 5.52 Å². The summed E-state index contributed by atoms with van der Waals surface area (Å²) in [5.41, 5.74) is 2.61. The zero-order valence-corrected chi connectivity index (χ0v) is 10.9. The largest absolute Gasteiger partial charge is 0.331 e. The van der Waals surface area contributed by atoms with Crippen molar-refractivity contribution in [1.29, 1.82) is 0 Å². The monoisotopic (exact) mass is 234 g/mol. The summed E-state index contributed by atoms with van der Waals surface area (Å²) in [6.45, 7) is 7.73. The number of H-pyrrole nitrogens is 1. The predicted molar refractivity (Wildman–Crippen MR) is 71.2 cm³/mol. The van der Waals surface area contributed by atoms with Gasteiger partial charge in [-0.2, -0.15) is 0 Å². The number of imidazole rings is 1. The quantitative estimate of drug-likeness (QED) is 0.792. The second kappa shape index (κ2) is 4.06. The van der Waals surface area contributed by atoms with Crippen molar-refractivity contribution in [3.8, 4) is 0 Å². The highest BCUT2D eigenvalue weighted by Crippen LogP contribution is 2.25. The number of nitrogens with zero attached hydrogens (tertiary/aromatic N) is 1. The Morgan fingerprint density at radius 1 is 1.31 bits per heavy atom. The highest BCUT2D eigenvalue weighted by Gasteiger charge is 2.17. The fraction of sp³-hybridized carbons (Fsp3) is 0.462. The fourth-order valence-electron chi connectivity index (χ4n) is 1.80. The molecule has 0 radical (unpaired) electrons. The summed E-state index contributed by atoms with van der Waals surface area (Å²) in [5, 5.41) is 0. The number of hydrogen-bond donors (Lipinski definition) is 1. The average molecular weight is 234 g/mol. The van der Waals surface area contributed by atoms with Crippen LogP contribution < -0.4 is 0 Å². The third-order valence-electron chi connectivity index (χ3n) is 3.22.